The summed E-state index contributed by atoms with van der Waals surface area (Å²) >= 11 is 0. The Kier molecular flexibility index (Phi) is 2.22. The van der Waals surface area contributed by atoms with Gasteiger partial charge in [0.25, 0.3) is 6.01 Å². The minimum Gasteiger partial charge on any atom is -0.424 e. The van der Waals surface area contributed by atoms with E-state index in [0.29, 0.717) is 17.4 Å². The number of anilines is 1. The molecule has 0 aliphatic rings. The number of nitrogens with one attached hydrogen (secondary N) is 1. The van der Waals surface area contributed by atoms with Crippen LogP contribution in [0.15, 0.2) is 38.0 Å². The first-order chi connectivity index (χ1) is 8.69. The Labute approximate surface area is 102 Å². The summed E-state index contributed by atoms with van der Waals surface area (Å²) in [5.74, 6) is 0.239. The largest absolute Gasteiger partial charge is 0.424 e. The van der Waals surface area contributed by atoms with Crippen molar-refractivity contribution in [3.8, 4) is 11.3 Å². The lowest BCUT2D eigenvalue weighted by atomic mass is 10.2. The highest BCUT2D eigenvalue weighted by atomic mass is 16.4. The fraction of sp³-hybridized carbons (Fsp3) is 0.167. The summed E-state index contributed by atoms with van der Waals surface area (Å²) in [5, 5.41) is 2.81. The first kappa shape index (κ1) is 10.6. The van der Waals surface area contributed by atoms with Crippen molar-refractivity contribution in [2.45, 2.75) is 0 Å². The van der Waals surface area contributed by atoms with E-state index in [2.05, 4.69) is 10.3 Å². The molecule has 3 aromatic rings. The van der Waals surface area contributed by atoms with Crippen LogP contribution in [0, 0.1) is 0 Å². The Balaban J connectivity index is 2.16. The predicted octanol–water partition coefficient (Wildman–Crippen LogP) is 1.83. The van der Waals surface area contributed by atoms with Crippen LogP contribution in [-0.4, -0.2) is 16.6 Å². The first-order valence-electron chi connectivity index (χ1n) is 5.42. The van der Waals surface area contributed by atoms with Crippen LogP contribution in [0.1, 0.15) is 0 Å². The summed E-state index contributed by atoms with van der Waals surface area (Å²) in [6.45, 7) is 0. The summed E-state index contributed by atoms with van der Waals surface area (Å²) in [4.78, 5) is 15.4. The van der Waals surface area contributed by atoms with Crippen LogP contribution < -0.4 is 11.1 Å². The molecule has 1 N–H and O–H groups in total. The molecular weight excluding hydrogens is 234 g/mol. The van der Waals surface area contributed by atoms with Crippen molar-refractivity contribution in [1.29, 1.82) is 0 Å². The molecule has 0 radical (unpaired) electrons. The van der Waals surface area contributed by atoms with Gasteiger partial charge >= 0.3 is 5.76 Å². The van der Waals surface area contributed by atoms with E-state index in [1.165, 1.54) is 4.57 Å². The number of nitrogens with zero attached hydrogens (tertiary/aromatic N) is 2. The molecule has 1 aromatic carbocycles. The summed E-state index contributed by atoms with van der Waals surface area (Å²) < 4.78 is 12.0. The first-order valence-corrected chi connectivity index (χ1v) is 5.42. The van der Waals surface area contributed by atoms with Crippen molar-refractivity contribution in [1.82, 2.24) is 9.55 Å². The van der Waals surface area contributed by atoms with Crippen LogP contribution in [0.4, 0.5) is 6.01 Å². The van der Waals surface area contributed by atoms with Crippen molar-refractivity contribution >= 4 is 17.1 Å². The molecule has 18 heavy (non-hydrogen) atoms. The third-order valence-corrected chi connectivity index (χ3v) is 2.80. The Morgan fingerprint density at radius 2 is 2.17 bits per heavy atom. The van der Waals surface area contributed by atoms with E-state index in [0.717, 1.165) is 11.1 Å². The topological polar surface area (TPSA) is 73.2 Å². The lowest BCUT2D eigenvalue weighted by Gasteiger charge is -1.96. The minimum atomic E-state index is -0.379. The highest BCUT2D eigenvalue weighted by Gasteiger charge is 2.10. The van der Waals surface area contributed by atoms with Crippen molar-refractivity contribution in [3.05, 3.63) is 34.9 Å². The monoisotopic (exact) mass is 245 g/mol. The van der Waals surface area contributed by atoms with E-state index < -0.39 is 0 Å². The summed E-state index contributed by atoms with van der Waals surface area (Å²) in [6.07, 6.45) is 1.62. The Bertz CT molecular complexity index is 766. The highest BCUT2D eigenvalue weighted by molar-refractivity contribution is 5.79. The molecule has 0 fully saturated rings. The summed E-state index contributed by atoms with van der Waals surface area (Å²) in [6, 6.07) is 5.88. The van der Waals surface area contributed by atoms with Crippen LogP contribution >= 0.6 is 0 Å². The van der Waals surface area contributed by atoms with Gasteiger partial charge in [-0.1, -0.05) is 0 Å². The zero-order chi connectivity index (χ0) is 12.7. The van der Waals surface area contributed by atoms with Gasteiger partial charge in [0.05, 0.1) is 11.7 Å². The van der Waals surface area contributed by atoms with Crippen LogP contribution in [0.2, 0.25) is 0 Å². The number of aromatic nitrogens is 2. The number of benzene rings is 1. The van der Waals surface area contributed by atoms with Crippen molar-refractivity contribution in [3.63, 3.8) is 0 Å². The maximum Gasteiger partial charge on any atom is 0.419 e. The molecule has 0 atom stereocenters. The van der Waals surface area contributed by atoms with Gasteiger partial charge in [0.2, 0.25) is 0 Å². The van der Waals surface area contributed by atoms with Gasteiger partial charge in [0.15, 0.2) is 11.3 Å². The SMILES string of the molecule is CNc1ncc(-c2ccc3c(c2)oc(=O)n3C)o1. The lowest BCUT2D eigenvalue weighted by Crippen LogP contribution is -2.08. The van der Waals surface area contributed by atoms with Crippen LogP contribution in [0.25, 0.3) is 22.4 Å². The van der Waals surface area contributed by atoms with Gasteiger partial charge in [-0.25, -0.2) is 9.78 Å². The van der Waals surface area contributed by atoms with Gasteiger partial charge in [-0.05, 0) is 18.2 Å². The minimum absolute atomic E-state index is 0.379. The zero-order valence-corrected chi connectivity index (χ0v) is 9.93. The van der Waals surface area contributed by atoms with E-state index in [1.54, 1.807) is 26.4 Å². The second-order valence-corrected chi connectivity index (χ2v) is 3.89. The standard InChI is InChI=1S/C12H11N3O3/c1-13-11-14-6-10(17-11)7-3-4-8-9(5-7)18-12(16)15(8)2/h3-6H,1-2H3,(H,13,14). The lowest BCUT2D eigenvalue weighted by molar-refractivity contribution is 0.528. The maximum absolute atomic E-state index is 11.4. The second-order valence-electron chi connectivity index (χ2n) is 3.89. The van der Waals surface area contributed by atoms with E-state index >= 15 is 0 Å². The Morgan fingerprint density at radius 1 is 1.33 bits per heavy atom. The normalized spacial score (nSPS) is 11.0. The summed E-state index contributed by atoms with van der Waals surface area (Å²) in [7, 11) is 3.40. The molecule has 0 saturated heterocycles. The van der Waals surface area contributed by atoms with E-state index in [1.807, 2.05) is 12.1 Å². The molecule has 0 saturated carbocycles. The van der Waals surface area contributed by atoms with Gasteiger partial charge in [-0.15, -0.1) is 0 Å². The number of oxazole rings is 2. The average molecular weight is 245 g/mol. The molecule has 92 valence electrons. The maximum atomic E-state index is 11.4. The molecule has 0 aliphatic carbocycles. The third-order valence-electron chi connectivity index (χ3n) is 2.80. The van der Waals surface area contributed by atoms with Gasteiger partial charge in [0.1, 0.15) is 0 Å². The summed E-state index contributed by atoms with van der Waals surface area (Å²) in [5.41, 5.74) is 2.09. The number of rotatable bonds is 2. The average Bonchev–Trinajstić information content (AvgIpc) is 2.95. The van der Waals surface area contributed by atoms with Gasteiger partial charge in [-0.3, -0.25) is 4.57 Å². The number of hydrogen-bond acceptors (Lipinski definition) is 5. The van der Waals surface area contributed by atoms with E-state index in [-0.39, 0.29) is 5.76 Å². The number of fused-ring (bicyclic) bond motifs is 1. The second kappa shape index (κ2) is 3.76. The quantitative estimate of drug-likeness (QED) is 0.745. The van der Waals surface area contributed by atoms with Gasteiger partial charge in [0, 0.05) is 19.7 Å². The molecule has 6 nitrogen and oxygen atoms in total. The van der Waals surface area contributed by atoms with Crippen LogP contribution in [-0.2, 0) is 7.05 Å². The van der Waals surface area contributed by atoms with Crippen molar-refractivity contribution < 1.29 is 8.83 Å². The smallest absolute Gasteiger partial charge is 0.419 e. The van der Waals surface area contributed by atoms with Gasteiger partial charge in [-0.2, -0.15) is 0 Å². The molecule has 0 unspecified atom stereocenters. The highest BCUT2D eigenvalue weighted by Crippen LogP contribution is 2.25. The van der Waals surface area contributed by atoms with Crippen molar-refractivity contribution in [2.75, 3.05) is 12.4 Å². The molecule has 0 spiro atoms. The fourth-order valence-corrected chi connectivity index (χ4v) is 1.81. The van der Waals surface area contributed by atoms with E-state index in [9.17, 15) is 4.79 Å². The Hall–Kier alpha value is -2.50. The molecule has 0 bridgehead atoms. The Morgan fingerprint density at radius 3 is 2.89 bits per heavy atom. The third kappa shape index (κ3) is 1.50. The molecule has 3 rings (SSSR count). The number of aryl methyl sites for hydroxylation is 1. The van der Waals surface area contributed by atoms with Crippen LogP contribution in [0.5, 0.6) is 0 Å². The molecule has 0 amide bonds. The fourth-order valence-electron chi connectivity index (χ4n) is 1.81. The molecular formula is C12H11N3O3. The van der Waals surface area contributed by atoms with Crippen LogP contribution in [0.3, 0.4) is 0 Å². The number of hydrogen-bond donors (Lipinski definition) is 1. The predicted molar refractivity (Wildman–Crippen MR) is 66.5 cm³/mol. The molecule has 0 aliphatic heterocycles. The van der Waals surface area contributed by atoms with E-state index in [4.69, 9.17) is 8.83 Å². The molecule has 6 heteroatoms. The van der Waals surface area contributed by atoms with Gasteiger partial charge < -0.3 is 14.2 Å². The van der Waals surface area contributed by atoms with Crippen molar-refractivity contribution in [2.24, 2.45) is 7.05 Å². The zero-order valence-electron chi connectivity index (χ0n) is 9.93. The molecule has 2 aromatic heterocycles. The molecule has 2 heterocycles.